The second-order valence-electron chi connectivity index (χ2n) is 7.57. The van der Waals surface area contributed by atoms with E-state index in [0.717, 1.165) is 13.1 Å². The first kappa shape index (κ1) is 18.2. The Bertz CT molecular complexity index is 924. The molecule has 180 valence electrons. The fourth-order valence-electron chi connectivity index (χ4n) is 4.83. The van der Waals surface area contributed by atoms with Gasteiger partial charge < -0.3 is 0 Å². The van der Waals surface area contributed by atoms with Gasteiger partial charge in [0.1, 0.15) is 0 Å². The summed E-state index contributed by atoms with van der Waals surface area (Å²) in [5.41, 5.74) is 15.4. The van der Waals surface area contributed by atoms with Crippen molar-refractivity contribution in [1.29, 1.82) is 0 Å². The number of hydrazine groups is 37. The fraction of sp³-hybridized carbons (Fsp3) is 1.00. The Morgan fingerprint density at radius 2 is 1.06 bits per heavy atom. The third kappa shape index (κ3) is 1.50. The zero-order chi connectivity index (χ0) is 21.7. The van der Waals surface area contributed by atoms with Crippen LogP contribution in [0.25, 0.3) is 0 Å². The summed E-state index contributed by atoms with van der Waals surface area (Å²) in [6, 6.07) is 0. The normalized spacial score (nSPS) is 40.4. The van der Waals surface area contributed by atoms with E-state index in [1.165, 1.54) is 5.23 Å². The van der Waals surface area contributed by atoms with Crippen molar-refractivity contribution in [2.75, 3.05) is 20.1 Å². The van der Waals surface area contributed by atoms with Crippen LogP contribution in [0, 0.1) is 0 Å². The summed E-state index contributed by atoms with van der Waals surface area (Å²) in [6.45, 7) is 5.75. The van der Waals surface area contributed by atoms with Crippen molar-refractivity contribution >= 4 is 0 Å². The molecule has 10 rings (SSSR count). The lowest BCUT2D eigenvalue weighted by Crippen LogP contribution is -3.25. The molecule has 28 nitrogen and oxygen atoms in total. The van der Waals surface area contributed by atoms with E-state index in [4.69, 9.17) is 5.84 Å². The monoisotopic (exact) mass is 472 g/mol. The molecule has 0 bridgehead atoms. The average Bonchev–Trinajstić information content (AvgIpc) is 2.76. The van der Waals surface area contributed by atoms with Crippen molar-refractivity contribution in [3.8, 4) is 0 Å². The zero-order valence-corrected chi connectivity index (χ0v) is 17.3. The maximum atomic E-state index is 6.02. The van der Waals surface area contributed by atoms with Crippen molar-refractivity contribution < 1.29 is 0 Å². The van der Waals surface area contributed by atoms with Gasteiger partial charge in [-0.1, -0.05) is 0 Å². The largest absolute Gasteiger partial charge is 0.235 e. The lowest BCUT2D eigenvalue weighted by atomic mass is 10.7. The topological polar surface area (TPSA) is 157 Å². The van der Waals surface area contributed by atoms with Crippen molar-refractivity contribution in [1.82, 2.24) is 142 Å². The molecule has 10 fully saturated rings. The molecule has 0 amide bonds. The highest BCUT2D eigenvalue weighted by atomic mass is 16.9. The summed E-state index contributed by atoms with van der Waals surface area (Å²) in [4.78, 5) is 0. The van der Waals surface area contributed by atoms with Gasteiger partial charge in [-0.2, -0.15) is 5.53 Å². The average molecular weight is 472 g/mol. The number of hydrogen-bond donors (Lipinski definition) is 6. The molecule has 10 saturated heterocycles. The van der Waals surface area contributed by atoms with E-state index in [9.17, 15) is 0 Å². The van der Waals surface area contributed by atoms with E-state index >= 15 is 0 Å². The molecule has 0 unspecified atom stereocenters. The standard InChI is InChI=1S/C5H20N28/c1-4-12-13(5-2)18-11-19-17(10-8-9-16(12)18)22-23(19)27-26(22)30-31(27)32-28-24-20-14(6)15(7-3)21(20)25(24)29(28)33(30)32/h7-11H,4-6H2,1-3H3. The Hall–Kier alpha value is -1.12. The van der Waals surface area contributed by atoms with Gasteiger partial charge in [0, 0.05) is 20.1 Å². The molecular weight excluding hydrogens is 452 g/mol. The quantitative estimate of drug-likeness (QED) is 0.215. The van der Waals surface area contributed by atoms with Crippen LogP contribution in [-0.2, 0) is 0 Å². The third-order valence-electron chi connectivity index (χ3n) is 6.24. The van der Waals surface area contributed by atoms with E-state index in [1.54, 1.807) is 38.4 Å². The molecule has 10 aliphatic rings. The van der Waals surface area contributed by atoms with Gasteiger partial charge in [-0.25, -0.2) is 11.3 Å². The lowest BCUT2D eigenvalue weighted by Gasteiger charge is -2.93. The van der Waals surface area contributed by atoms with Gasteiger partial charge in [0.05, 0.1) is 0 Å². The fourth-order valence-corrected chi connectivity index (χ4v) is 4.83. The van der Waals surface area contributed by atoms with Gasteiger partial charge in [-0.05, 0) is 118 Å². The molecule has 28 heteroatoms. The van der Waals surface area contributed by atoms with Gasteiger partial charge in [0.15, 0.2) is 0 Å². The van der Waals surface area contributed by atoms with Crippen LogP contribution in [0.15, 0.2) is 0 Å². The Morgan fingerprint density at radius 1 is 0.576 bits per heavy atom. The number of nitrogens with two attached hydrogens (primary N) is 1. The summed E-state index contributed by atoms with van der Waals surface area (Å²) in [5.74, 6) is 6.02. The van der Waals surface area contributed by atoms with Crippen molar-refractivity contribution in [3.63, 3.8) is 0 Å². The SMILES string of the molecule is CCN1N(CC)N2NN3N(NNNN12)N1N3N2N1N1N2N2N3N4N5N(N)N(NC)N5N4N3N12. The van der Waals surface area contributed by atoms with Crippen LogP contribution in [0.4, 0.5) is 0 Å². The highest BCUT2D eigenvalue weighted by Gasteiger charge is 2.93. The molecule has 0 spiro atoms. The Kier molecular flexibility index (Phi) is 2.94. The molecule has 7 N–H and O–H groups in total. The molecule has 0 aromatic carbocycles. The molecule has 0 atom stereocenters. The van der Waals surface area contributed by atoms with Crippen LogP contribution < -0.4 is 33.4 Å². The molecule has 33 heavy (non-hydrogen) atoms. The second kappa shape index (κ2) is 5.34. The summed E-state index contributed by atoms with van der Waals surface area (Å²) in [6.07, 6.45) is 0. The summed E-state index contributed by atoms with van der Waals surface area (Å²) >= 11 is 0. The minimum atomic E-state index is 0.788. The maximum Gasteiger partial charge on any atom is 0.0309 e. The highest BCUT2D eigenvalue weighted by molar-refractivity contribution is 4.79. The Morgan fingerprint density at radius 3 is 1.67 bits per heavy atom. The van der Waals surface area contributed by atoms with E-state index in [0.29, 0.717) is 0 Å². The van der Waals surface area contributed by atoms with Gasteiger partial charge in [0.25, 0.3) is 0 Å². The first-order valence-corrected chi connectivity index (χ1v) is 10.2. The van der Waals surface area contributed by atoms with Crippen LogP contribution in [0.1, 0.15) is 13.8 Å². The van der Waals surface area contributed by atoms with E-state index in [-0.39, 0.29) is 0 Å². The highest BCUT2D eigenvalue weighted by Crippen LogP contribution is 2.62. The molecule has 10 aliphatic heterocycles. The number of nitrogens with zero attached hydrogens (tertiary/aromatic N) is 22. The zero-order valence-electron chi connectivity index (χ0n) is 17.3. The molecule has 0 radical (unpaired) electrons. The molecule has 0 saturated carbocycles. The van der Waals surface area contributed by atoms with Crippen LogP contribution in [0.5, 0.6) is 0 Å². The maximum absolute atomic E-state index is 6.02. The van der Waals surface area contributed by atoms with Crippen molar-refractivity contribution in [2.24, 2.45) is 5.84 Å². The van der Waals surface area contributed by atoms with Crippen molar-refractivity contribution in [2.45, 2.75) is 13.8 Å². The van der Waals surface area contributed by atoms with E-state index in [1.807, 2.05) is 78.2 Å². The van der Waals surface area contributed by atoms with Crippen LogP contribution >= 0.6 is 0 Å². The summed E-state index contributed by atoms with van der Waals surface area (Å²) < 4.78 is 0. The number of hydrogen-bond acceptors (Lipinski definition) is 28. The second-order valence-corrected chi connectivity index (χ2v) is 7.57. The predicted molar refractivity (Wildman–Crippen MR) is 87.3 cm³/mol. The number of nitrogens with one attached hydrogen (secondary N) is 5. The molecular formula is C5H20N28. The van der Waals surface area contributed by atoms with Gasteiger partial charge in [0.2, 0.25) is 0 Å². The van der Waals surface area contributed by atoms with E-state index in [2.05, 4.69) is 41.4 Å². The molecule has 10 heterocycles. The molecule has 0 aromatic rings. The smallest absolute Gasteiger partial charge is 0.0309 e. The molecule has 0 aliphatic carbocycles. The van der Waals surface area contributed by atoms with Gasteiger partial charge in [-0.15, -0.1) is 26.8 Å². The number of fused-ring (bicyclic) bond motifs is 23. The number of rotatable bonds is 3. The van der Waals surface area contributed by atoms with Crippen molar-refractivity contribution in [3.05, 3.63) is 0 Å². The predicted octanol–water partition coefficient (Wildman–Crippen LogP) is -8.80. The summed E-state index contributed by atoms with van der Waals surface area (Å²) in [7, 11) is 1.79. The minimum absolute atomic E-state index is 0.788. The van der Waals surface area contributed by atoms with Gasteiger partial charge in [-0.3, -0.25) is 0 Å². The third-order valence-corrected chi connectivity index (χ3v) is 6.24. The Labute approximate surface area is 183 Å². The van der Waals surface area contributed by atoms with Crippen LogP contribution in [0.3, 0.4) is 0 Å². The summed E-state index contributed by atoms with van der Waals surface area (Å²) in [5, 5.41) is 40.5. The van der Waals surface area contributed by atoms with Crippen LogP contribution in [-0.4, -0.2) is 135 Å². The Balaban J connectivity index is 0.882. The minimum Gasteiger partial charge on any atom is -0.235 e. The van der Waals surface area contributed by atoms with Crippen LogP contribution in [0.2, 0.25) is 0 Å². The first-order valence-electron chi connectivity index (χ1n) is 10.2. The molecule has 0 aromatic heterocycles. The van der Waals surface area contributed by atoms with Gasteiger partial charge >= 0.3 is 0 Å². The van der Waals surface area contributed by atoms with E-state index < -0.39 is 0 Å². The first-order chi connectivity index (χ1) is 16.2. The lowest BCUT2D eigenvalue weighted by molar-refractivity contribution is -1.08.